The molecule has 1 aromatic rings. The van der Waals surface area contributed by atoms with Crippen LogP contribution in [0, 0.1) is 11.8 Å². The molecule has 1 aromatic carbocycles. The first-order valence-corrected chi connectivity index (χ1v) is 7.71. The molecule has 0 aliphatic heterocycles. The van der Waals surface area contributed by atoms with Crippen LogP contribution in [-0.2, 0) is 11.3 Å². The van der Waals surface area contributed by atoms with Gasteiger partial charge in [0.25, 0.3) is 0 Å². The Balaban J connectivity index is 1.86. The van der Waals surface area contributed by atoms with Crippen molar-refractivity contribution in [1.29, 1.82) is 0 Å². The lowest BCUT2D eigenvalue weighted by atomic mass is 9.79. The van der Waals surface area contributed by atoms with Crippen LogP contribution in [0.4, 0.5) is 0 Å². The van der Waals surface area contributed by atoms with Gasteiger partial charge in [-0.1, -0.05) is 42.1 Å². The monoisotopic (exact) mass is 315 g/mol. The largest absolute Gasteiger partial charge is 0.481 e. The van der Waals surface area contributed by atoms with Crippen LogP contribution in [0.3, 0.4) is 0 Å². The third-order valence-corrected chi connectivity index (χ3v) is 4.55. The molecule has 0 heterocycles. The molecule has 0 saturated heterocycles. The van der Waals surface area contributed by atoms with Crippen LogP contribution < -0.4 is 5.32 Å². The van der Waals surface area contributed by atoms with Crippen molar-refractivity contribution in [3.05, 3.63) is 33.8 Å². The van der Waals surface area contributed by atoms with Gasteiger partial charge >= 0.3 is 5.97 Å². The Morgan fingerprint density at radius 1 is 1.30 bits per heavy atom. The summed E-state index contributed by atoms with van der Waals surface area (Å²) in [6.07, 6.45) is 3.93. The Kier molecular flexibility index (Phi) is 5.70. The molecule has 1 saturated carbocycles. The van der Waals surface area contributed by atoms with Crippen LogP contribution in [0.2, 0.25) is 10.0 Å². The molecule has 2 unspecified atom stereocenters. The lowest BCUT2D eigenvalue weighted by Gasteiger charge is -2.28. The molecular formula is C15H19Cl2NO2. The van der Waals surface area contributed by atoms with Crippen molar-refractivity contribution in [2.24, 2.45) is 11.8 Å². The highest BCUT2D eigenvalue weighted by Crippen LogP contribution is 2.30. The summed E-state index contributed by atoms with van der Waals surface area (Å²) in [4.78, 5) is 11.2. The van der Waals surface area contributed by atoms with Crippen molar-refractivity contribution in [1.82, 2.24) is 5.32 Å². The highest BCUT2D eigenvalue weighted by atomic mass is 35.5. The summed E-state index contributed by atoms with van der Waals surface area (Å²) in [6, 6.07) is 5.43. The Morgan fingerprint density at radius 3 is 2.75 bits per heavy atom. The molecule has 0 bridgehead atoms. The fraction of sp³-hybridized carbons (Fsp3) is 0.533. The van der Waals surface area contributed by atoms with Gasteiger partial charge < -0.3 is 10.4 Å². The maximum absolute atomic E-state index is 11.2. The molecule has 0 aromatic heterocycles. The third kappa shape index (κ3) is 4.11. The number of hydrogen-bond donors (Lipinski definition) is 2. The van der Waals surface area contributed by atoms with Gasteiger partial charge in [-0.25, -0.2) is 0 Å². The molecule has 0 amide bonds. The molecule has 5 heteroatoms. The Bertz CT molecular complexity index is 479. The van der Waals surface area contributed by atoms with Crippen LogP contribution in [0.1, 0.15) is 31.2 Å². The minimum absolute atomic E-state index is 0.211. The van der Waals surface area contributed by atoms with E-state index >= 15 is 0 Å². The molecule has 110 valence electrons. The average Bonchev–Trinajstić information content (AvgIpc) is 2.41. The molecule has 20 heavy (non-hydrogen) atoms. The fourth-order valence-electron chi connectivity index (χ4n) is 2.83. The second-order valence-corrected chi connectivity index (χ2v) is 6.20. The van der Waals surface area contributed by atoms with Crippen molar-refractivity contribution in [2.75, 3.05) is 6.54 Å². The zero-order chi connectivity index (χ0) is 14.5. The second kappa shape index (κ2) is 7.30. The van der Waals surface area contributed by atoms with Gasteiger partial charge in [-0.2, -0.15) is 0 Å². The summed E-state index contributed by atoms with van der Waals surface area (Å²) < 4.78 is 0. The summed E-state index contributed by atoms with van der Waals surface area (Å²) in [7, 11) is 0. The van der Waals surface area contributed by atoms with Crippen molar-refractivity contribution in [3.63, 3.8) is 0 Å². The van der Waals surface area contributed by atoms with Gasteiger partial charge in [0.05, 0.1) is 5.92 Å². The number of rotatable bonds is 5. The molecule has 1 aliphatic carbocycles. The van der Waals surface area contributed by atoms with Gasteiger partial charge in [-0.05, 0) is 43.0 Å². The summed E-state index contributed by atoms with van der Waals surface area (Å²) in [6.45, 7) is 1.36. The first kappa shape index (κ1) is 15.6. The minimum Gasteiger partial charge on any atom is -0.481 e. The van der Waals surface area contributed by atoms with Gasteiger partial charge in [0.1, 0.15) is 0 Å². The van der Waals surface area contributed by atoms with Crippen molar-refractivity contribution in [2.45, 2.75) is 32.2 Å². The van der Waals surface area contributed by atoms with Gasteiger partial charge in [0.2, 0.25) is 0 Å². The molecule has 0 spiro atoms. The van der Waals surface area contributed by atoms with E-state index in [-0.39, 0.29) is 11.8 Å². The SMILES string of the molecule is O=C(O)C1CCCCC1CNCc1ccc(Cl)cc1Cl. The number of aliphatic carboxylic acids is 1. The number of nitrogens with one attached hydrogen (secondary N) is 1. The van der Waals surface area contributed by atoms with Crippen molar-refractivity contribution < 1.29 is 9.90 Å². The standard InChI is InChI=1S/C15H19Cl2NO2/c16-12-6-5-11(14(17)7-12)9-18-8-10-3-1-2-4-13(10)15(19)20/h5-7,10,13,18H,1-4,8-9H2,(H,19,20). The van der Waals surface area contributed by atoms with Gasteiger partial charge in [0.15, 0.2) is 0 Å². The number of hydrogen-bond acceptors (Lipinski definition) is 2. The number of halogens is 2. The molecule has 2 N–H and O–H groups in total. The van der Waals surface area contributed by atoms with E-state index in [1.165, 1.54) is 0 Å². The Labute approximate surface area is 129 Å². The Hall–Kier alpha value is -0.770. The third-order valence-electron chi connectivity index (χ3n) is 3.96. The van der Waals surface area contributed by atoms with Crippen molar-refractivity contribution >= 4 is 29.2 Å². The van der Waals surface area contributed by atoms with E-state index in [1.807, 2.05) is 12.1 Å². The minimum atomic E-state index is -0.666. The van der Waals surface area contributed by atoms with Crippen LogP contribution in [0.15, 0.2) is 18.2 Å². The summed E-state index contributed by atoms with van der Waals surface area (Å²) in [5.74, 6) is -0.662. The predicted octanol–water partition coefficient (Wildman–Crippen LogP) is 3.97. The van der Waals surface area contributed by atoms with Crippen molar-refractivity contribution in [3.8, 4) is 0 Å². The zero-order valence-electron chi connectivity index (χ0n) is 11.2. The van der Waals surface area contributed by atoms with Crippen LogP contribution >= 0.6 is 23.2 Å². The van der Waals surface area contributed by atoms with E-state index in [9.17, 15) is 9.90 Å². The topological polar surface area (TPSA) is 49.3 Å². The molecule has 0 radical (unpaired) electrons. The fourth-order valence-corrected chi connectivity index (χ4v) is 3.31. The van der Waals surface area contributed by atoms with Gasteiger partial charge in [0, 0.05) is 16.6 Å². The van der Waals surface area contributed by atoms with E-state index in [4.69, 9.17) is 23.2 Å². The quantitative estimate of drug-likeness (QED) is 0.864. The summed E-state index contributed by atoms with van der Waals surface area (Å²) in [5, 5.41) is 13.8. The zero-order valence-corrected chi connectivity index (χ0v) is 12.8. The molecule has 2 rings (SSSR count). The number of carbonyl (C=O) groups is 1. The molecule has 3 nitrogen and oxygen atoms in total. The highest BCUT2D eigenvalue weighted by Gasteiger charge is 2.30. The Morgan fingerprint density at radius 2 is 2.05 bits per heavy atom. The smallest absolute Gasteiger partial charge is 0.306 e. The van der Waals surface area contributed by atoms with E-state index in [1.54, 1.807) is 6.07 Å². The average molecular weight is 316 g/mol. The molecule has 1 fully saturated rings. The first-order valence-electron chi connectivity index (χ1n) is 6.95. The van der Waals surface area contributed by atoms with E-state index in [0.29, 0.717) is 16.6 Å². The number of carboxylic acid groups (broad SMARTS) is 1. The van der Waals surface area contributed by atoms with Gasteiger partial charge in [-0.3, -0.25) is 4.79 Å². The number of benzene rings is 1. The summed E-state index contributed by atoms with van der Waals surface area (Å²) in [5.41, 5.74) is 0.985. The highest BCUT2D eigenvalue weighted by molar-refractivity contribution is 6.35. The lowest BCUT2D eigenvalue weighted by molar-refractivity contribution is -0.144. The molecule has 1 aliphatic rings. The first-order chi connectivity index (χ1) is 9.58. The molecular weight excluding hydrogens is 297 g/mol. The maximum Gasteiger partial charge on any atom is 0.306 e. The normalized spacial score (nSPS) is 22.7. The van der Waals surface area contributed by atoms with Gasteiger partial charge in [-0.15, -0.1) is 0 Å². The predicted molar refractivity (Wildman–Crippen MR) is 81.3 cm³/mol. The van der Waals surface area contributed by atoms with E-state index in [0.717, 1.165) is 37.8 Å². The van der Waals surface area contributed by atoms with Crippen LogP contribution in [-0.4, -0.2) is 17.6 Å². The lowest BCUT2D eigenvalue weighted by Crippen LogP contribution is -2.34. The van der Waals surface area contributed by atoms with E-state index in [2.05, 4.69) is 5.32 Å². The molecule has 2 atom stereocenters. The van der Waals surface area contributed by atoms with Crippen LogP contribution in [0.5, 0.6) is 0 Å². The summed E-state index contributed by atoms with van der Waals surface area (Å²) >= 11 is 12.0. The number of carboxylic acids is 1. The maximum atomic E-state index is 11.2. The second-order valence-electron chi connectivity index (χ2n) is 5.36. The van der Waals surface area contributed by atoms with E-state index < -0.39 is 5.97 Å². The van der Waals surface area contributed by atoms with Crippen LogP contribution in [0.25, 0.3) is 0 Å².